The Morgan fingerprint density at radius 3 is 2.63 bits per heavy atom. The standard InChI is InChI=1S/C16H28N2O/c1-11-9-15(13(3)19-11)12(2)18(4)16-8-6-5-7-14(16)10-17/h9,12,14,16H,5-8,10,17H2,1-4H3. The highest BCUT2D eigenvalue weighted by atomic mass is 16.3. The predicted molar refractivity (Wildman–Crippen MR) is 79.2 cm³/mol. The van der Waals surface area contributed by atoms with E-state index in [0.29, 0.717) is 18.0 Å². The topological polar surface area (TPSA) is 42.4 Å². The maximum Gasteiger partial charge on any atom is 0.105 e. The number of hydrogen-bond acceptors (Lipinski definition) is 3. The van der Waals surface area contributed by atoms with Gasteiger partial charge in [0.05, 0.1) is 0 Å². The number of rotatable bonds is 4. The van der Waals surface area contributed by atoms with Gasteiger partial charge in [-0.05, 0) is 59.2 Å². The molecule has 2 rings (SSSR count). The van der Waals surface area contributed by atoms with E-state index in [-0.39, 0.29) is 0 Å². The Morgan fingerprint density at radius 2 is 2.05 bits per heavy atom. The average molecular weight is 264 g/mol. The number of furan rings is 1. The van der Waals surface area contributed by atoms with Gasteiger partial charge in [0.25, 0.3) is 0 Å². The monoisotopic (exact) mass is 264 g/mol. The van der Waals surface area contributed by atoms with Crippen molar-refractivity contribution in [2.45, 2.75) is 58.5 Å². The predicted octanol–water partition coefficient (Wildman–Crippen LogP) is 3.41. The Balaban J connectivity index is 2.13. The maximum atomic E-state index is 5.96. The lowest BCUT2D eigenvalue weighted by Gasteiger charge is -2.40. The van der Waals surface area contributed by atoms with Crippen molar-refractivity contribution in [1.82, 2.24) is 4.90 Å². The fourth-order valence-electron chi connectivity index (χ4n) is 3.57. The van der Waals surface area contributed by atoms with E-state index in [2.05, 4.69) is 31.9 Å². The highest BCUT2D eigenvalue weighted by molar-refractivity contribution is 5.23. The summed E-state index contributed by atoms with van der Waals surface area (Å²) in [5, 5.41) is 0. The Morgan fingerprint density at radius 1 is 1.37 bits per heavy atom. The van der Waals surface area contributed by atoms with Crippen molar-refractivity contribution in [2.24, 2.45) is 11.7 Å². The molecule has 3 nitrogen and oxygen atoms in total. The minimum absolute atomic E-state index is 0.398. The smallest absolute Gasteiger partial charge is 0.105 e. The second-order valence-electron chi connectivity index (χ2n) is 6.06. The second kappa shape index (κ2) is 6.10. The van der Waals surface area contributed by atoms with Crippen LogP contribution in [-0.2, 0) is 0 Å². The zero-order valence-corrected chi connectivity index (χ0v) is 12.8. The zero-order valence-electron chi connectivity index (χ0n) is 12.8. The molecule has 3 heteroatoms. The van der Waals surface area contributed by atoms with Crippen LogP contribution >= 0.6 is 0 Å². The van der Waals surface area contributed by atoms with Crippen LogP contribution in [0.2, 0.25) is 0 Å². The van der Waals surface area contributed by atoms with Gasteiger partial charge in [0, 0.05) is 17.6 Å². The summed E-state index contributed by atoms with van der Waals surface area (Å²) in [5.74, 6) is 2.71. The first-order chi connectivity index (χ1) is 9.04. The van der Waals surface area contributed by atoms with Crippen molar-refractivity contribution in [3.05, 3.63) is 23.2 Å². The molecule has 2 N–H and O–H groups in total. The van der Waals surface area contributed by atoms with Crippen molar-refractivity contribution in [3.8, 4) is 0 Å². The highest BCUT2D eigenvalue weighted by Crippen LogP contribution is 2.33. The fourth-order valence-corrected chi connectivity index (χ4v) is 3.57. The molecular formula is C16H28N2O. The van der Waals surface area contributed by atoms with Crippen LogP contribution < -0.4 is 5.73 Å². The summed E-state index contributed by atoms with van der Waals surface area (Å²) >= 11 is 0. The molecule has 0 aliphatic heterocycles. The SMILES string of the molecule is Cc1cc(C(C)N(C)C2CCCCC2CN)c(C)o1. The third kappa shape index (κ3) is 3.03. The molecule has 1 saturated carbocycles. The van der Waals surface area contributed by atoms with Crippen LogP contribution in [0.4, 0.5) is 0 Å². The molecule has 1 heterocycles. The minimum Gasteiger partial charge on any atom is -0.466 e. The summed E-state index contributed by atoms with van der Waals surface area (Å²) in [7, 11) is 2.24. The van der Waals surface area contributed by atoms with Crippen LogP contribution in [-0.4, -0.2) is 24.5 Å². The number of nitrogens with zero attached hydrogens (tertiary/aromatic N) is 1. The van der Waals surface area contributed by atoms with Crippen molar-refractivity contribution in [1.29, 1.82) is 0 Å². The molecule has 1 aromatic rings. The molecule has 3 unspecified atom stereocenters. The van der Waals surface area contributed by atoms with E-state index in [1.807, 2.05) is 6.92 Å². The molecule has 108 valence electrons. The van der Waals surface area contributed by atoms with Gasteiger partial charge in [-0.2, -0.15) is 0 Å². The van der Waals surface area contributed by atoms with E-state index in [1.54, 1.807) is 0 Å². The summed E-state index contributed by atoms with van der Waals surface area (Å²) in [6.45, 7) is 7.17. The van der Waals surface area contributed by atoms with Crippen molar-refractivity contribution < 1.29 is 4.42 Å². The Hall–Kier alpha value is -0.800. The van der Waals surface area contributed by atoms with Gasteiger partial charge in [-0.15, -0.1) is 0 Å². The van der Waals surface area contributed by atoms with E-state index in [9.17, 15) is 0 Å². The van der Waals surface area contributed by atoms with E-state index in [4.69, 9.17) is 10.2 Å². The molecule has 1 aliphatic carbocycles. The summed E-state index contributed by atoms with van der Waals surface area (Å²) in [6.07, 6.45) is 5.23. The molecule has 19 heavy (non-hydrogen) atoms. The van der Waals surface area contributed by atoms with E-state index < -0.39 is 0 Å². The molecule has 0 amide bonds. The molecule has 0 radical (unpaired) electrons. The molecule has 0 aromatic carbocycles. The maximum absolute atomic E-state index is 5.96. The molecular weight excluding hydrogens is 236 g/mol. The molecule has 3 atom stereocenters. The van der Waals surface area contributed by atoms with Gasteiger partial charge in [-0.1, -0.05) is 12.8 Å². The second-order valence-corrected chi connectivity index (χ2v) is 6.06. The van der Waals surface area contributed by atoms with Crippen LogP contribution in [0.15, 0.2) is 10.5 Å². The molecule has 0 saturated heterocycles. The van der Waals surface area contributed by atoms with Gasteiger partial charge >= 0.3 is 0 Å². The van der Waals surface area contributed by atoms with E-state index >= 15 is 0 Å². The lowest BCUT2D eigenvalue weighted by Crippen LogP contribution is -2.44. The van der Waals surface area contributed by atoms with Crippen LogP contribution in [0.5, 0.6) is 0 Å². The Bertz CT molecular complexity index is 413. The minimum atomic E-state index is 0.398. The average Bonchev–Trinajstić information content (AvgIpc) is 2.76. The highest BCUT2D eigenvalue weighted by Gasteiger charge is 2.30. The van der Waals surface area contributed by atoms with Crippen molar-refractivity contribution >= 4 is 0 Å². The van der Waals surface area contributed by atoms with Gasteiger partial charge in [0.15, 0.2) is 0 Å². The first kappa shape index (κ1) is 14.6. The Kier molecular flexibility index (Phi) is 4.69. The summed E-state index contributed by atoms with van der Waals surface area (Å²) in [4.78, 5) is 2.51. The summed E-state index contributed by atoms with van der Waals surface area (Å²) in [5.41, 5.74) is 7.28. The van der Waals surface area contributed by atoms with Gasteiger partial charge in [0.2, 0.25) is 0 Å². The van der Waals surface area contributed by atoms with Crippen molar-refractivity contribution in [2.75, 3.05) is 13.6 Å². The van der Waals surface area contributed by atoms with E-state index in [1.165, 1.54) is 31.2 Å². The lowest BCUT2D eigenvalue weighted by atomic mass is 9.83. The zero-order chi connectivity index (χ0) is 14.0. The lowest BCUT2D eigenvalue weighted by molar-refractivity contribution is 0.0983. The summed E-state index contributed by atoms with van der Waals surface area (Å²) in [6, 6.07) is 3.19. The normalized spacial score (nSPS) is 25.8. The van der Waals surface area contributed by atoms with Gasteiger partial charge < -0.3 is 10.2 Å². The number of nitrogens with two attached hydrogens (primary N) is 1. The van der Waals surface area contributed by atoms with Crippen LogP contribution in [0.1, 0.15) is 55.7 Å². The van der Waals surface area contributed by atoms with Crippen molar-refractivity contribution in [3.63, 3.8) is 0 Å². The molecule has 0 spiro atoms. The molecule has 1 fully saturated rings. The van der Waals surface area contributed by atoms with Crippen LogP contribution in [0, 0.1) is 19.8 Å². The summed E-state index contributed by atoms with van der Waals surface area (Å²) < 4.78 is 5.67. The van der Waals surface area contributed by atoms with E-state index in [0.717, 1.165) is 18.1 Å². The number of aryl methyl sites for hydroxylation is 2. The Labute approximate surface area is 117 Å². The van der Waals surface area contributed by atoms with Gasteiger partial charge in [-0.3, -0.25) is 4.90 Å². The third-order valence-electron chi connectivity index (χ3n) is 4.84. The van der Waals surface area contributed by atoms with Crippen LogP contribution in [0.3, 0.4) is 0 Å². The molecule has 0 bridgehead atoms. The fraction of sp³-hybridized carbons (Fsp3) is 0.750. The first-order valence-corrected chi connectivity index (χ1v) is 7.53. The third-order valence-corrected chi connectivity index (χ3v) is 4.84. The van der Waals surface area contributed by atoms with Crippen LogP contribution in [0.25, 0.3) is 0 Å². The van der Waals surface area contributed by atoms with Gasteiger partial charge in [-0.25, -0.2) is 0 Å². The number of hydrogen-bond donors (Lipinski definition) is 1. The molecule has 1 aromatic heterocycles. The van der Waals surface area contributed by atoms with Gasteiger partial charge in [0.1, 0.15) is 11.5 Å². The first-order valence-electron chi connectivity index (χ1n) is 7.53. The molecule has 1 aliphatic rings. The quantitative estimate of drug-likeness (QED) is 0.906. The largest absolute Gasteiger partial charge is 0.466 e.